The molecule has 0 radical (unpaired) electrons. The van der Waals surface area contributed by atoms with Crippen LogP contribution in [0.1, 0.15) is 56.9 Å². The first kappa shape index (κ1) is 18.7. The van der Waals surface area contributed by atoms with E-state index in [1.165, 1.54) is 0 Å². The third-order valence-electron chi connectivity index (χ3n) is 5.97. The molecule has 2 aliphatic rings. The molecule has 1 aromatic heterocycles. The van der Waals surface area contributed by atoms with Crippen LogP contribution in [0.15, 0.2) is 34.9 Å². The highest BCUT2D eigenvalue weighted by molar-refractivity contribution is 5.80. The van der Waals surface area contributed by atoms with Gasteiger partial charge in [-0.25, -0.2) is 0 Å². The number of piperidine rings is 1. The van der Waals surface area contributed by atoms with E-state index in [-0.39, 0.29) is 23.8 Å². The minimum absolute atomic E-state index is 0.104. The highest BCUT2D eigenvalue weighted by Crippen LogP contribution is 2.36. The zero-order chi connectivity index (χ0) is 19.5. The molecule has 0 spiro atoms. The van der Waals surface area contributed by atoms with Crippen molar-refractivity contribution in [1.29, 1.82) is 0 Å². The number of carboxylic acid groups (broad SMARTS) is 1. The maximum absolute atomic E-state index is 13.2. The lowest BCUT2D eigenvalue weighted by Crippen LogP contribution is -2.43. The van der Waals surface area contributed by atoms with Gasteiger partial charge in [-0.05, 0) is 44.9 Å². The van der Waals surface area contributed by atoms with E-state index in [0.29, 0.717) is 43.9 Å². The van der Waals surface area contributed by atoms with Gasteiger partial charge in [0.15, 0.2) is 0 Å². The molecule has 1 atom stereocenters. The second kappa shape index (κ2) is 8.12. The van der Waals surface area contributed by atoms with Gasteiger partial charge in [-0.3, -0.25) is 9.59 Å². The summed E-state index contributed by atoms with van der Waals surface area (Å²) in [6.45, 7) is 0.686. The van der Waals surface area contributed by atoms with Gasteiger partial charge in [0.25, 0.3) is 0 Å². The number of carboxylic acids is 1. The molecule has 1 saturated carbocycles. The Kier molecular flexibility index (Phi) is 5.41. The zero-order valence-electron chi connectivity index (χ0n) is 15.8. The van der Waals surface area contributed by atoms with Crippen molar-refractivity contribution < 1.29 is 19.2 Å². The first-order valence-electron chi connectivity index (χ1n) is 10.1. The number of hydrogen-bond donors (Lipinski definition) is 1. The molecule has 1 aliphatic carbocycles. The summed E-state index contributed by atoms with van der Waals surface area (Å²) in [6, 6.07) is 9.46. The smallest absolute Gasteiger partial charge is 0.306 e. The summed E-state index contributed by atoms with van der Waals surface area (Å²) >= 11 is 0. The Hall–Kier alpha value is -2.70. The highest BCUT2D eigenvalue weighted by Gasteiger charge is 2.37. The van der Waals surface area contributed by atoms with E-state index in [1.54, 1.807) is 0 Å². The number of hydrogen-bond acceptors (Lipinski definition) is 5. The number of benzene rings is 1. The second-order valence-electron chi connectivity index (χ2n) is 7.75. The predicted octanol–water partition coefficient (Wildman–Crippen LogP) is 3.68. The number of carbonyl (C=O) groups excluding carboxylic acids is 1. The lowest BCUT2D eigenvalue weighted by Gasteiger charge is -2.37. The van der Waals surface area contributed by atoms with Gasteiger partial charge >= 0.3 is 5.97 Å². The molecule has 2 heterocycles. The first-order valence-corrected chi connectivity index (χ1v) is 10.1. The largest absolute Gasteiger partial charge is 0.481 e. The number of aliphatic carboxylic acids is 1. The maximum Gasteiger partial charge on any atom is 0.306 e. The molecule has 1 aromatic carbocycles. The van der Waals surface area contributed by atoms with Gasteiger partial charge in [0.2, 0.25) is 17.6 Å². The van der Waals surface area contributed by atoms with Gasteiger partial charge in [0.1, 0.15) is 6.04 Å². The third-order valence-corrected chi connectivity index (χ3v) is 5.97. The van der Waals surface area contributed by atoms with Gasteiger partial charge in [0, 0.05) is 18.0 Å². The fourth-order valence-electron chi connectivity index (χ4n) is 4.35. The number of nitrogens with zero attached hydrogens (tertiary/aromatic N) is 3. The summed E-state index contributed by atoms with van der Waals surface area (Å²) in [5.41, 5.74) is 0.887. The number of likely N-dealkylation sites (tertiary alicyclic amines) is 1. The Morgan fingerprint density at radius 3 is 2.43 bits per heavy atom. The van der Waals surface area contributed by atoms with Crippen LogP contribution in [0.4, 0.5) is 0 Å². The topological polar surface area (TPSA) is 96.5 Å². The van der Waals surface area contributed by atoms with Gasteiger partial charge < -0.3 is 14.5 Å². The molecule has 1 aliphatic heterocycles. The standard InChI is InChI=1S/C21H25N3O4/c25-20(15-9-11-16(12-10-15)21(26)27)24-13-5-4-8-17(24)19-22-18(23-28-19)14-6-2-1-3-7-14/h1-3,6-7,15-17H,4-5,8-13H2,(H,26,27). The van der Waals surface area contributed by atoms with Crippen molar-refractivity contribution in [3.05, 3.63) is 36.2 Å². The highest BCUT2D eigenvalue weighted by atomic mass is 16.5. The van der Waals surface area contributed by atoms with Crippen LogP contribution in [0.2, 0.25) is 0 Å². The summed E-state index contributed by atoms with van der Waals surface area (Å²) < 4.78 is 5.54. The van der Waals surface area contributed by atoms with Crippen LogP contribution in [0.5, 0.6) is 0 Å². The molecule has 148 valence electrons. The van der Waals surface area contributed by atoms with Crippen molar-refractivity contribution in [3.63, 3.8) is 0 Å². The molecule has 1 saturated heterocycles. The van der Waals surface area contributed by atoms with E-state index in [2.05, 4.69) is 10.1 Å². The van der Waals surface area contributed by atoms with Crippen LogP contribution >= 0.6 is 0 Å². The minimum atomic E-state index is -0.749. The molecule has 1 unspecified atom stereocenters. The van der Waals surface area contributed by atoms with Crippen LogP contribution in [0, 0.1) is 11.8 Å². The van der Waals surface area contributed by atoms with Crippen molar-refractivity contribution in [2.24, 2.45) is 11.8 Å². The average molecular weight is 383 g/mol. The molecule has 4 rings (SSSR count). The van der Waals surface area contributed by atoms with Crippen molar-refractivity contribution >= 4 is 11.9 Å². The van der Waals surface area contributed by atoms with E-state index < -0.39 is 5.97 Å². The lowest BCUT2D eigenvalue weighted by molar-refractivity contribution is -0.147. The Morgan fingerprint density at radius 2 is 1.71 bits per heavy atom. The molecule has 7 nitrogen and oxygen atoms in total. The number of rotatable bonds is 4. The third kappa shape index (κ3) is 3.79. The van der Waals surface area contributed by atoms with E-state index in [9.17, 15) is 14.7 Å². The van der Waals surface area contributed by atoms with E-state index >= 15 is 0 Å². The molecule has 1 N–H and O–H groups in total. The number of amides is 1. The average Bonchev–Trinajstić information content (AvgIpc) is 3.24. The minimum Gasteiger partial charge on any atom is -0.481 e. The molecular weight excluding hydrogens is 358 g/mol. The summed E-state index contributed by atoms with van der Waals surface area (Å²) in [6.07, 6.45) is 5.21. The molecular formula is C21H25N3O4. The number of carbonyl (C=O) groups is 2. The Labute approximate surface area is 163 Å². The normalized spacial score (nSPS) is 25.4. The fourth-order valence-corrected chi connectivity index (χ4v) is 4.35. The summed E-state index contributed by atoms with van der Waals surface area (Å²) in [4.78, 5) is 30.8. The predicted molar refractivity (Wildman–Crippen MR) is 101 cm³/mol. The van der Waals surface area contributed by atoms with Crippen LogP contribution in [0.25, 0.3) is 11.4 Å². The van der Waals surface area contributed by atoms with Gasteiger partial charge in [-0.1, -0.05) is 35.5 Å². The second-order valence-corrected chi connectivity index (χ2v) is 7.75. The van der Waals surface area contributed by atoms with Crippen molar-refractivity contribution in [1.82, 2.24) is 15.0 Å². The monoisotopic (exact) mass is 383 g/mol. The number of aromatic nitrogens is 2. The van der Waals surface area contributed by atoms with Gasteiger partial charge in [-0.2, -0.15) is 4.98 Å². The molecule has 2 fully saturated rings. The summed E-state index contributed by atoms with van der Waals surface area (Å²) in [5.74, 6) is -0.0333. The van der Waals surface area contributed by atoms with Gasteiger partial charge in [0.05, 0.1) is 5.92 Å². The SMILES string of the molecule is O=C(O)C1CCC(C(=O)N2CCCCC2c2nc(-c3ccccc3)no2)CC1. The molecule has 0 bridgehead atoms. The molecule has 1 amide bonds. The van der Waals surface area contributed by atoms with E-state index in [4.69, 9.17) is 4.52 Å². The lowest BCUT2D eigenvalue weighted by atomic mass is 9.81. The first-order chi connectivity index (χ1) is 13.6. The van der Waals surface area contributed by atoms with Crippen LogP contribution in [0.3, 0.4) is 0 Å². The maximum atomic E-state index is 13.2. The van der Waals surface area contributed by atoms with Crippen LogP contribution < -0.4 is 0 Å². The van der Waals surface area contributed by atoms with Crippen LogP contribution in [-0.2, 0) is 9.59 Å². The molecule has 7 heteroatoms. The Balaban J connectivity index is 1.48. The van der Waals surface area contributed by atoms with Crippen LogP contribution in [-0.4, -0.2) is 38.6 Å². The van der Waals surface area contributed by atoms with Crippen molar-refractivity contribution in [2.45, 2.75) is 51.0 Å². The quantitative estimate of drug-likeness (QED) is 0.865. The van der Waals surface area contributed by atoms with Crippen molar-refractivity contribution in [2.75, 3.05) is 6.54 Å². The Bertz CT molecular complexity index is 827. The molecule has 2 aromatic rings. The van der Waals surface area contributed by atoms with E-state index in [1.807, 2.05) is 35.2 Å². The Morgan fingerprint density at radius 1 is 1.00 bits per heavy atom. The molecule has 28 heavy (non-hydrogen) atoms. The van der Waals surface area contributed by atoms with Gasteiger partial charge in [-0.15, -0.1) is 0 Å². The zero-order valence-corrected chi connectivity index (χ0v) is 15.8. The fraction of sp³-hybridized carbons (Fsp3) is 0.524. The van der Waals surface area contributed by atoms with E-state index in [0.717, 1.165) is 24.8 Å². The van der Waals surface area contributed by atoms with Crippen molar-refractivity contribution in [3.8, 4) is 11.4 Å². The summed E-state index contributed by atoms with van der Waals surface area (Å²) in [5, 5.41) is 13.3. The summed E-state index contributed by atoms with van der Waals surface area (Å²) in [7, 11) is 0.